The molecule has 1 rings (SSSR count). The van der Waals surface area contributed by atoms with E-state index in [9.17, 15) is 0 Å². The molecule has 3 nitrogen and oxygen atoms in total. The molecule has 0 unspecified atom stereocenters. The number of hydrogen-bond donors (Lipinski definition) is 3. The van der Waals surface area contributed by atoms with E-state index in [0.29, 0.717) is 0 Å². The molecule has 0 spiro atoms. The van der Waals surface area contributed by atoms with Crippen LogP contribution >= 0.6 is 0 Å². The van der Waals surface area contributed by atoms with E-state index in [0.717, 1.165) is 19.0 Å². The number of aliphatic hydroxyl groups is 1. The van der Waals surface area contributed by atoms with Crippen LogP contribution in [0.2, 0.25) is 0 Å². The maximum atomic E-state index is 8.53. The van der Waals surface area contributed by atoms with Crippen LogP contribution in [-0.2, 0) is 0 Å². The van der Waals surface area contributed by atoms with Gasteiger partial charge in [0.1, 0.15) is 0 Å². The fourth-order valence-electron chi connectivity index (χ4n) is 1.68. The second-order valence-electron chi connectivity index (χ2n) is 3.46. The summed E-state index contributed by atoms with van der Waals surface area (Å²) in [5.41, 5.74) is 0. The van der Waals surface area contributed by atoms with Gasteiger partial charge in [0.15, 0.2) is 0 Å². The van der Waals surface area contributed by atoms with Crippen LogP contribution in [0.25, 0.3) is 0 Å². The van der Waals surface area contributed by atoms with E-state index in [4.69, 9.17) is 5.11 Å². The summed E-state index contributed by atoms with van der Waals surface area (Å²) in [5, 5.41) is 15.1. The standard InChI is InChI=1S/C9H20N2O/c12-8-7-11-6-3-9-1-4-10-5-2-9/h9-12H,1-8H2. The van der Waals surface area contributed by atoms with Crippen molar-refractivity contribution in [3.05, 3.63) is 0 Å². The molecule has 0 amide bonds. The van der Waals surface area contributed by atoms with Crippen LogP contribution in [0.4, 0.5) is 0 Å². The van der Waals surface area contributed by atoms with Gasteiger partial charge < -0.3 is 15.7 Å². The summed E-state index contributed by atoms with van der Waals surface area (Å²) in [5.74, 6) is 0.900. The van der Waals surface area contributed by atoms with Crippen LogP contribution in [0, 0.1) is 5.92 Å². The molecule has 0 aromatic rings. The highest BCUT2D eigenvalue weighted by atomic mass is 16.3. The number of rotatable bonds is 5. The highest BCUT2D eigenvalue weighted by Crippen LogP contribution is 2.14. The van der Waals surface area contributed by atoms with E-state index in [-0.39, 0.29) is 6.61 Å². The second kappa shape index (κ2) is 6.40. The van der Waals surface area contributed by atoms with Crippen molar-refractivity contribution in [2.75, 3.05) is 32.8 Å². The topological polar surface area (TPSA) is 44.3 Å². The maximum Gasteiger partial charge on any atom is 0.0555 e. The average molecular weight is 172 g/mol. The summed E-state index contributed by atoms with van der Waals surface area (Å²) in [6.45, 7) is 4.43. The molecule has 1 heterocycles. The average Bonchev–Trinajstić information content (AvgIpc) is 2.14. The van der Waals surface area contributed by atoms with E-state index in [1.54, 1.807) is 0 Å². The predicted molar refractivity (Wildman–Crippen MR) is 50.2 cm³/mol. The Morgan fingerprint density at radius 3 is 2.67 bits per heavy atom. The van der Waals surface area contributed by atoms with E-state index in [1.807, 2.05) is 0 Å². The first-order chi connectivity index (χ1) is 5.93. The van der Waals surface area contributed by atoms with Crippen molar-refractivity contribution in [3.8, 4) is 0 Å². The van der Waals surface area contributed by atoms with Crippen LogP contribution in [0.1, 0.15) is 19.3 Å². The Morgan fingerprint density at radius 2 is 2.00 bits per heavy atom. The monoisotopic (exact) mass is 172 g/mol. The molecule has 12 heavy (non-hydrogen) atoms. The van der Waals surface area contributed by atoms with Crippen LogP contribution in [0.3, 0.4) is 0 Å². The molecule has 1 saturated heterocycles. The summed E-state index contributed by atoms with van der Waals surface area (Å²) in [4.78, 5) is 0. The van der Waals surface area contributed by atoms with Crippen molar-refractivity contribution in [2.24, 2.45) is 5.92 Å². The third-order valence-corrected chi connectivity index (χ3v) is 2.48. The highest BCUT2D eigenvalue weighted by Gasteiger charge is 2.11. The molecule has 0 aromatic heterocycles. The number of hydrogen-bond acceptors (Lipinski definition) is 3. The quantitative estimate of drug-likeness (QED) is 0.510. The van der Waals surface area contributed by atoms with Gasteiger partial charge in [-0.1, -0.05) is 0 Å². The molecule has 1 fully saturated rings. The van der Waals surface area contributed by atoms with Crippen LogP contribution in [-0.4, -0.2) is 37.9 Å². The van der Waals surface area contributed by atoms with Gasteiger partial charge in [0.05, 0.1) is 6.61 Å². The Hall–Kier alpha value is -0.120. The summed E-state index contributed by atoms with van der Waals surface area (Å²) >= 11 is 0. The molecule has 0 aliphatic carbocycles. The molecule has 0 radical (unpaired) electrons. The number of aliphatic hydroxyl groups excluding tert-OH is 1. The third kappa shape index (κ3) is 4.04. The van der Waals surface area contributed by atoms with Gasteiger partial charge in [-0.05, 0) is 44.8 Å². The lowest BCUT2D eigenvalue weighted by Gasteiger charge is -2.22. The van der Waals surface area contributed by atoms with Crippen LogP contribution in [0.5, 0.6) is 0 Å². The first-order valence-corrected chi connectivity index (χ1v) is 4.96. The summed E-state index contributed by atoms with van der Waals surface area (Å²) in [6.07, 6.45) is 3.91. The van der Waals surface area contributed by atoms with Gasteiger partial charge >= 0.3 is 0 Å². The van der Waals surface area contributed by atoms with Gasteiger partial charge in [-0.25, -0.2) is 0 Å². The molecule has 0 atom stereocenters. The van der Waals surface area contributed by atoms with E-state index in [2.05, 4.69) is 10.6 Å². The van der Waals surface area contributed by atoms with Crippen molar-refractivity contribution in [1.29, 1.82) is 0 Å². The molecular weight excluding hydrogens is 152 g/mol. The van der Waals surface area contributed by atoms with Gasteiger partial charge in [-0.15, -0.1) is 0 Å². The number of piperidine rings is 1. The first kappa shape index (κ1) is 9.96. The Morgan fingerprint density at radius 1 is 1.25 bits per heavy atom. The van der Waals surface area contributed by atoms with Gasteiger partial charge in [0.25, 0.3) is 0 Å². The minimum Gasteiger partial charge on any atom is -0.395 e. The third-order valence-electron chi connectivity index (χ3n) is 2.48. The molecule has 3 N–H and O–H groups in total. The van der Waals surface area contributed by atoms with Gasteiger partial charge in [-0.3, -0.25) is 0 Å². The Bertz CT molecular complexity index is 103. The van der Waals surface area contributed by atoms with Crippen molar-refractivity contribution >= 4 is 0 Å². The fraction of sp³-hybridized carbons (Fsp3) is 1.00. The molecular formula is C9H20N2O. The van der Waals surface area contributed by atoms with Crippen molar-refractivity contribution in [2.45, 2.75) is 19.3 Å². The molecule has 1 aliphatic rings. The molecule has 3 heteroatoms. The first-order valence-electron chi connectivity index (χ1n) is 4.96. The summed E-state index contributed by atoms with van der Waals surface area (Å²) in [7, 11) is 0. The summed E-state index contributed by atoms with van der Waals surface area (Å²) < 4.78 is 0. The minimum atomic E-state index is 0.256. The van der Waals surface area contributed by atoms with E-state index >= 15 is 0 Å². The largest absolute Gasteiger partial charge is 0.395 e. The van der Waals surface area contributed by atoms with Crippen molar-refractivity contribution in [1.82, 2.24) is 10.6 Å². The lowest BCUT2D eigenvalue weighted by atomic mass is 9.95. The molecule has 0 bridgehead atoms. The zero-order valence-corrected chi connectivity index (χ0v) is 7.68. The molecule has 0 aromatic carbocycles. The Labute approximate surface area is 74.5 Å². The highest BCUT2D eigenvalue weighted by molar-refractivity contribution is 4.69. The Balaban J connectivity index is 1.91. The van der Waals surface area contributed by atoms with Crippen molar-refractivity contribution < 1.29 is 5.11 Å². The maximum absolute atomic E-state index is 8.53. The van der Waals surface area contributed by atoms with Crippen molar-refractivity contribution in [3.63, 3.8) is 0 Å². The molecule has 0 saturated carbocycles. The fourth-order valence-corrected chi connectivity index (χ4v) is 1.68. The predicted octanol–water partition coefficient (Wildman–Crippen LogP) is -0.0420. The normalized spacial score (nSPS) is 19.8. The Kier molecular flexibility index (Phi) is 5.32. The van der Waals surface area contributed by atoms with Crippen LogP contribution < -0.4 is 10.6 Å². The lowest BCUT2D eigenvalue weighted by Crippen LogP contribution is -2.30. The molecule has 1 aliphatic heterocycles. The second-order valence-corrected chi connectivity index (χ2v) is 3.46. The zero-order valence-electron chi connectivity index (χ0n) is 7.68. The van der Waals surface area contributed by atoms with Gasteiger partial charge in [0, 0.05) is 6.54 Å². The van der Waals surface area contributed by atoms with Crippen LogP contribution in [0.15, 0.2) is 0 Å². The van der Waals surface area contributed by atoms with E-state index in [1.165, 1.54) is 32.4 Å². The number of nitrogens with one attached hydrogen (secondary N) is 2. The smallest absolute Gasteiger partial charge is 0.0555 e. The van der Waals surface area contributed by atoms with Gasteiger partial charge in [0.2, 0.25) is 0 Å². The zero-order chi connectivity index (χ0) is 8.65. The summed E-state index contributed by atoms with van der Waals surface area (Å²) in [6, 6.07) is 0. The SMILES string of the molecule is OCCNCCC1CCNCC1. The van der Waals surface area contributed by atoms with Gasteiger partial charge in [-0.2, -0.15) is 0 Å². The lowest BCUT2D eigenvalue weighted by molar-refractivity contribution is 0.286. The van der Waals surface area contributed by atoms with E-state index < -0.39 is 0 Å². The molecule has 72 valence electrons. The minimum absolute atomic E-state index is 0.256.